The van der Waals surface area contributed by atoms with Gasteiger partial charge in [-0.2, -0.15) is 0 Å². The molecular formula is C18H21NO5. The molecule has 5 rings (SSSR count). The maximum Gasteiger partial charge on any atom is 0.231 e. The Morgan fingerprint density at radius 3 is 2.75 bits per heavy atom. The van der Waals surface area contributed by atoms with Crippen molar-refractivity contribution in [3.8, 4) is 11.5 Å². The van der Waals surface area contributed by atoms with Crippen molar-refractivity contribution in [3.63, 3.8) is 0 Å². The van der Waals surface area contributed by atoms with Crippen molar-refractivity contribution in [1.82, 2.24) is 4.90 Å². The summed E-state index contributed by atoms with van der Waals surface area (Å²) in [6.45, 7) is 5.19. The number of carbonyl (C=O) groups excluding carboxylic acids is 1. The Morgan fingerprint density at radius 1 is 1.25 bits per heavy atom. The lowest BCUT2D eigenvalue weighted by Crippen LogP contribution is -2.51. The number of rotatable bonds is 3. The molecule has 6 heteroatoms. The van der Waals surface area contributed by atoms with Gasteiger partial charge in [-0.05, 0) is 36.6 Å². The summed E-state index contributed by atoms with van der Waals surface area (Å²) in [7, 11) is 0. The number of carbonyl (C=O) groups is 1. The summed E-state index contributed by atoms with van der Waals surface area (Å²) in [4.78, 5) is 14.7. The van der Waals surface area contributed by atoms with Gasteiger partial charge in [0.2, 0.25) is 6.79 Å². The van der Waals surface area contributed by atoms with Crippen molar-refractivity contribution in [2.75, 3.05) is 26.6 Å². The van der Waals surface area contributed by atoms with Crippen molar-refractivity contribution < 1.29 is 23.7 Å². The van der Waals surface area contributed by atoms with Gasteiger partial charge >= 0.3 is 0 Å². The highest BCUT2D eigenvalue weighted by molar-refractivity contribution is 5.74. The summed E-state index contributed by atoms with van der Waals surface area (Å²) in [6, 6.07) is 4.14. The van der Waals surface area contributed by atoms with Gasteiger partial charge in [0, 0.05) is 25.6 Å². The lowest BCUT2D eigenvalue weighted by molar-refractivity contribution is -0.160. The number of benzene rings is 1. The van der Waals surface area contributed by atoms with Gasteiger partial charge in [0.25, 0.3) is 0 Å². The predicted molar refractivity (Wildman–Crippen MR) is 84.0 cm³/mol. The first-order valence-electron chi connectivity index (χ1n) is 8.55. The summed E-state index contributed by atoms with van der Waals surface area (Å²) in [5.74, 6) is 0.923. The molecule has 0 saturated carbocycles. The first kappa shape index (κ1) is 14.7. The number of hydrogen-bond acceptors (Lipinski definition) is 6. The minimum absolute atomic E-state index is 0.0889. The number of nitrogens with zero attached hydrogens (tertiary/aromatic N) is 1. The average Bonchev–Trinajstić information content (AvgIpc) is 3.26. The molecule has 1 aromatic carbocycles. The van der Waals surface area contributed by atoms with Crippen molar-refractivity contribution in [2.45, 2.75) is 43.6 Å². The van der Waals surface area contributed by atoms with E-state index < -0.39 is 11.2 Å². The third-order valence-corrected chi connectivity index (χ3v) is 5.99. The topological polar surface area (TPSA) is 57.2 Å². The summed E-state index contributed by atoms with van der Waals surface area (Å²) in [6.07, 6.45) is 2.65. The third kappa shape index (κ3) is 1.90. The number of ether oxygens (including phenoxy) is 4. The van der Waals surface area contributed by atoms with Crippen LogP contribution in [-0.2, 0) is 26.2 Å². The Hall–Kier alpha value is -1.63. The zero-order valence-corrected chi connectivity index (χ0v) is 13.7. The maximum absolute atomic E-state index is 12.3. The Balaban J connectivity index is 1.58. The Bertz CT molecular complexity index is 699. The molecule has 2 saturated heterocycles. The van der Waals surface area contributed by atoms with Crippen LogP contribution < -0.4 is 9.47 Å². The SMILES string of the molecule is CC1(C[C@@H]2N3CC[C@@]2(C=O)c2cc4c(cc2C3)OCO4)OCCO1. The fraction of sp³-hybridized carbons (Fsp3) is 0.611. The molecule has 4 aliphatic heterocycles. The second kappa shape index (κ2) is 4.94. The molecule has 2 fully saturated rings. The Morgan fingerprint density at radius 2 is 2.00 bits per heavy atom. The van der Waals surface area contributed by atoms with Gasteiger partial charge in [-0.1, -0.05) is 0 Å². The van der Waals surface area contributed by atoms with E-state index in [-0.39, 0.29) is 12.8 Å². The van der Waals surface area contributed by atoms with Crippen LogP contribution in [0.3, 0.4) is 0 Å². The summed E-state index contributed by atoms with van der Waals surface area (Å²) in [5.41, 5.74) is 1.73. The largest absolute Gasteiger partial charge is 0.454 e. The van der Waals surface area contributed by atoms with Crippen LogP contribution in [0, 0.1) is 0 Å². The second-order valence-corrected chi connectivity index (χ2v) is 7.29. The predicted octanol–water partition coefficient (Wildman–Crippen LogP) is 1.59. The summed E-state index contributed by atoms with van der Waals surface area (Å²) in [5, 5.41) is 0. The van der Waals surface area contributed by atoms with Gasteiger partial charge in [-0.25, -0.2) is 0 Å². The zero-order chi connectivity index (χ0) is 16.4. The van der Waals surface area contributed by atoms with E-state index in [1.807, 2.05) is 19.1 Å². The molecule has 0 N–H and O–H groups in total. The quantitative estimate of drug-likeness (QED) is 0.784. The first-order chi connectivity index (χ1) is 11.6. The van der Waals surface area contributed by atoms with Gasteiger partial charge < -0.3 is 23.7 Å². The van der Waals surface area contributed by atoms with E-state index in [0.717, 1.165) is 42.9 Å². The van der Waals surface area contributed by atoms with Gasteiger partial charge in [-0.15, -0.1) is 0 Å². The summed E-state index contributed by atoms with van der Waals surface area (Å²) < 4.78 is 22.7. The van der Waals surface area contributed by atoms with Crippen LogP contribution in [0.4, 0.5) is 0 Å². The van der Waals surface area contributed by atoms with Gasteiger partial charge in [-0.3, -0.25) is 4.90 Å². The summed E-state index contributed by atoms with van der Waals surface area (Å²) >= 11 is 0. The van der Waals surface area contributed by atoms with Gasteiger partial charge in [0.1, 0.15) is 6.29 Å². The van der Waals surface area contributed by atoms with E-state index in [1.165, 1.54) is 5.56 Å². The number of aldehydes is 1. The zero-order valence-electron chi connectivity index (χ0n) is 13.7. The number of hydrogen-bond donors (Lipinski definition) is 0. The average molecular weight is 331 g/mol. The lowest BCUT2D eigenvalue weighted by Gasteiger charge is -2.43. The van der Waals surface area contributed by atoms with E-state index in [0.29, 0.717) is 19.6 Å². The molecule has 128 valence electrons. The van der Waals surface area contributed by atoms with Gasteiger partial charge in [0.15, 0.2) is 17.3 Å². The van der Waals surface area contributed by atoms with Crippen LogP contribution in [0.15, 0.2) is 12.1 Å². The van der Waals surface area contributed by atoms with Crippen molar-refractivity contribution in [1.29, 1.82) is 0 Å². The molecule has 0 radical (unpaired) electrons. The molecule has 1 unspecified atom stereocenters. The fourth-order valence-corrected chi connectivity index (χ4v) is 4.79. The van der Waals surface area contributed by atoms with E-state index in [9.17, 15) is 4.79 Å². The molecule has 3 atom stereocenters. The van der Waals surface area contributed by atoms with Crippen LogP contribution in [-0.4, -0.2) is 49.6 Å². The maximum atomic E-state index is 12.3. The smallest absolute Gasteiger partial charge is 0.231 e. The van der Waals surface area contributed by atoms with E-state index in [4.69, 9.17) is 18.9 Å². The molecule has 4 aliphatic rings. The highest BCUT2D eigenvalue weighted by Gasteiger charge is 2.55. The molecule has 24 heavy (non-hydrogen) atoms. The fourth-order valence-electron chi connectivity index (χ4n) is 4.79. The van der Waals surface area contributed by atoms with Crippen LogP contribution >= 0.6 is 0 Å². The lowest BCUT2D eigenvalue weighted by atomic mass is 9.70. The van der Waals surface area contributed by atoms with E-state index >= 15 is 0 Å². The Labute approximate surface area is 140 Å². The van der Waals surface area contributed by atoms with Crippen LogP contribution in [0.5, 0.6) is 11.5 Å². The van der Waals surface area contributed by atoms with Crippen molar-refractivity contribution in [2.24, 2.45) is 0 Å². The van der Waals surface area contributed by atoms with Crippen LogP contribution in [0.1, 0.15) is 30.9 Å². The van der Waals surface area contributed by atoms with E-state index in [2.05, 4.69) is 4.90 Å². The van der Waals surface area contributed by atoms with E-state index in [1.54, 1.807) is 0 Å². The molecular weight excluding hydrogens is 310 g/mol. The molecule has 0 aromatic heterocycles. The molecule has 1 aromatic rings. The highest BCUT2D eigenvalue weighted by Crippen LogP contribution is 2.51. The first-order valence-corrected chi connectivity index (χ1v) is 8.55. The monoisotopic (exact) mass is 331 g/mol. The molecule has 0 spiro atoms. The molecule has 4 heterocycles. The number of fused-ring (bicyclic) bond motifs is 5. The van der Waals surface area contributed by atoms with Crippen LogP contribution in [0.25, 0.3) is 0 Å². The normalized spacial score (nSPS) is 35.0. The minimum atomic E-state index is -0.602. The molecule has 0 amide bonds. The standard InChI is InChI=1S/C18H21NO5/c1-17(23-4-5-24-17)8-16-18(10-20)2-3-19(16)9-12-6-14-15(7-13(12)18)22-11-21-14/h6-7,10,16H,2-5,8-9,11H2,1H3/t16-,18+/m0/s1. The molecule has 6 nitrogen and oxygen atoms in total. The molecule has 2 bridgehead atoms. The third-order valence-electron chi connectivity index (χ3n) is 5.99. The second-order valence-electron chi connectivity index (χ2n) is 7.29. The van der Waals surface area contributed by atoms with Crippen LogP contribution in [0.2, 0.25) is 0 Å². The van der Waals surface area contributed by atoms with Crippen molar-refractivity contribution in [3.05, 3.63) is 23.3 Å². The Kier molecular flexibility index (Phi) is 3.02. The minimum Gasteiger partial charge on any atom is -0.454 e. The van der Waals surface area contributed by atoms with Gasteiger partial charge in [0.05, 0.1) is 18.6 Å². The highest BCUT2D eigenvalue weighted by atomic mass is 16.7. The van der Waals surface area contributed by atoms with Crippen molar-refractivity contribution >= 4 is 6.29 Å². The molecule has 0 aliphatic carbocycles.